The first-order valence-electron chi connectivity index (χ1n) is 7.83. The summed E-state index contributed by atoms with van der Waals surface area (Å²) in [5.41, 5.74) is 0.519. The highest BCUT2D eigenvalue weighted by Crippen LogP contribution is 2.28. The van der Waals surface area contributed by atoms with Crippen LogP contribution in [0.1, 0.15) is 19.7 Å². The van der Waals surface area contributed by atoms with Crippen LogP contribution in [0.15, 0.2) is 22.7 Å². The molecule has 3 rings (SSSR count). The molecule has 2 aromatic rings. The SMILES string of the molecule is CCc1noc(-c2ccc(N3CC(CNC(C)=O)OC3=O)cc2F)n1. The van der Waals surface area contributed by atoms with Crippen molar-refractivity contribution in [2.24, 2.45) is 0 Å². The van der Waals surface area contributed by atoms with Crippen LogP contribution in [-0.4, -0.2) is 41.3 Å². The van der Waals surface area contributed by atoms with E-state index in [-0.39, 0.29) is 30.5 Å². The van der Waals surface area contributed by atoms with Crippen LogP contribution >= 0.6 is 0 Å². The number of ether oxygens (including phenoxy) is 1. The van der Waals surface area contributed by atoms with Gasteiger partial charge in [0.25, 0.3) is 5.89 Å². The van der Waals surface area contributed by atoms with Crippen molar-refractivity contribution in [3.63, 3.8) is 0 Å². The van der Waals surface area contributed by atoms with Gasteiger partial charge in [0.1, 0.15) is 11.9 Å². The number of amides is 2. The summed E-state index contributed by atoms with van der Waals surface area (Å²) in [5.74, 6) is -0.214. The summed E-state index contributed by atoms with van der Waals surface area (Å²) in [6.07, 6.45) is -0.492. The molecule has 132 valence electrons. The molecule has 1 aliphatic rings. The molecule has 0 bridgehead atoms. The van der Waals surface area contributed by atoms with E-state index in [1.54, 1.807) is 6.07 Å². The van der Waals surface area contributed by atoms with Gasteiger partial charge in [0.05, 0.1) is 24.3 Å². The Kier molecular flexibility index (Phi) is 4.64. The largest absolute Gasteiger partial charge is 0.442 e. The van der Waals surface area contributed by atoms with Crippen LogP contribution in [0, 0.1) is 5.82 Å². The first kappa shape index (κ1) is 16.9. The number of cyclic esters (lactones) is 1. The number of aryl methyl sites for hydroxylation is 1. The van der Waals surface area contributed by atoms with Gasteiger partial charge in [-0.1, -0.05) is 12.1 Å². The average molecular weight is 348 g/mol. The Morgan fingerprint density at radius 3 is 2.92 bits per heavy atom. The molecule has 1 unspecified atom stereocenters. The number of rotatable bonds is 5. The Hall–Kier alpha value is -2.97. The fourth-order valence-corrected chi connectivity index (χ4v) is 2.45. The highest BCUT2D eigenvalue weighted by molar-refractivity contribution is 5.90. The topological polar surface area (TPSA) is 97.6 Å². The Balaban J connectivity index is 1.76. The van der Waals surface area contributed by atoms with Crippen molar-refractivity contribution in [3.8, 4) is 11.5 Å². The van der Waals surface area contributed by atoms with Crippen molar-refractivity contribution in [2.75, 3.05) is 18.0 Å². The summed E-state index contributed by atoms with van der Waals surface area (Å²) in [7, 11) is 0. The summed E-state index contributed by atoms with van der Waals surface area (Å²) in [5, 5.41) is 6.32. The lowest BCUT2D eigenvalue weighted by molar-refractivity contribution is -0.119. The minimum absolute atomic E-state index is 0.0911. The molecule has 8 nitrogen and oxygen atoms in total. The van der Waals surface area contributed by atoms with Crippen LogP contribution in [0.4, 0.5) is 14.9 Å². The molecule has 0 aliphatic carbocycles. The molecule has 2 heterocycles. The number of hydrogen-bond donors (Lipinski definition) is 1. The van der Waals surface area contributed by atoms with Crippen LogP contribution in [0.3, 0.4) is 0 Å². The minimum atomic E-state index is -0.589. The lowest BCUT2D eigenvalue weighted by atomic mass is 10.1. The molecule has 25 heavy (non-hydrogen) atoms. The molecule has 0 spiro atoms. The van der Waals surface area contributed by atoms with E-state index in [1.165, 1.54) is 24.0 Å². The lowest BCUT2D eigenvalue weighted by Gasteiger charge is -2.13. The van der Waals surface area contributed by atoms with Crippen molar-refractivity contribution in [3.05, 3.63) is 29.8 Å². The van der Waals surface area contributed by atoms with Crippen LogP contribution in [-0.2, 0) is 16.0 Å². The molecule has 1 saturated heterocycles. The lowest BCUT2D eigenvalue weighted by Crippen LogP contribution is -2.33. The number of carbonyl (C=O) groups excluding carboxylic acids is 2. The number of halogens is 1. The van der Waals surface area contributed by atoms with Crippen LogP contribution in [0.25, 0.3) is 11.5 Å². The normalized spacial score (nSPS) is 16.8. The first-order chi connectivity index (χ1) is 12.0. The maximum atomic E-state index is 14.4. The maximum absolute atomic E-state index is 14.4. The maximum Gasteiger partial charge on any atom is 0.414 e. The second-order valence-electron chi connectivity index (χ2n) is 5.59. The summed E-state index contributed by atoms with van der Waals surface area (Å²) in [6, 6.07) is 4.27. The van der Waals surface area contributed by atoms with Gasteiger partial charge in [-0.15, -0.1) is 0 Å². The fraction of sp³-hybridized carbons (Fsp3) is 0.375. The third-order valence-corrected chi connectivity index (χ3v) is 3.73. The third kappa shape index (κ3) is 3.59. The van der Waals surface area contributed by atoms with Gasteiger partial charge in [0.2, 0.25) is 5.91 Å². The molecule has 1 aromatic heterocycles. The zero-order valence-corrected chi connectivity index (χ0v) is 13.8. The van der Waals surface area contributed by atoms with Gasteiger partial charge in [-0.3, -0.25) is 9.69 Å². The molecule has 0 radical (unpaired) electrons. The van der Waals surface area contributed by atoms with Gasteiger partial charge >= 0.3 is 6.09 Å². The van der Waals surface area contributed by atoms with Gasteiger partial charge < -0.3 is 14.6 Å². The zero-order valence-electron chi connectivity index (χ0n) is 13.8. The molecule has 2 amide bonds. The highest BCUT2D eigenvalue weighted by Gasteiger charge is 2.32. The quantitative estimate of drug-likeness (QED) is 0.886. The predicted molar refractivity (Wildman–Crippen MR) is 85.4 cm³/mol. The van der Waals surface area contributed by atoms with E-state index in [0.29, 0.717) is 17.9 Å². The molecule has 9 heteroatoms. The Morgan fingerprint density at radius 2 is 2.28 bits per heavy atom. The summed E-state index contributed by atoms with van der Waals surface area (Å²) in [4.78, 5) is 28.3. The molecular formula is C16H17FN4O4. The highest BCUT2D eigenvalue weighted by atomic mass is 19.1. The average Bonchev–Trinajstić information content (AvgIpc) is 3.19. The van der Waals surface area contributed by atoms with Crippen LogP contribution in [0.5, 0.6) is 0 Å². The molecule has 1 atom stereocenters. The molecule has 1 fully saturated rings. The Labute approximate surface area is 142 Å². The number of nitrogens with one attached hydrogen (secondary N) is 1. The number of hydrogen-bond acceptors (Lipinski definition) is 6. The van der Waals surface area contributed by atoms with Gasteiger partial charge in [0, 0.05) is 13.3 Å². The van der Waals surface area contributed by atoms with E-state index >= 15 is 0 Å². The Morgan fingerprint density at radius 1 is 1.48 bits per heavy atom. The van der Waals surface area contributed by atoms with Crippen LogP contribution in [0.2, 0.25) is 0 Å². The van der Waals surface area contributed by atoms with E-state index < -0.39 is 18.0 Å². The zero-order chi connectivity index (χ0) is 18.0. The fourth-order valence-electron chi connectivity index (χ4n) is 2.45. The molecule has 1 aliphatic heterocycles. The number of carbonyl (C=O) groups is 2. The van der Waals surface area contributed by atoms with E-state index in [0.717, 1.165) is 0 Å². The van der Waals surface area contributed by atoms with E-state index in [4.69, 9.17) is 9.26 Å². The number of benzene rings is 1. The van der Waals surface area contributed by atoms with Crippen molar-refractivity contribution in [2.45, 2.75) is 26.4 Å². The van der Waals surface area contributed by atoms with Gasteiger partial charge in [-0.05, 0) is 18.2 Å². The second-order valence-corrected chi connectivity index (χ2v) is 5.59. The van der Waals surface area contributed by atoms with E-state index in [1.807, 2.05) is 6.92 Å². The standard InChI is InChI=1S/C16H17FN4O4/c1-3-14-19-15(25-20-14)12-5-4-10(6-13(12)17)21-8-11(24-16(21)23)7-18-9(2)22/h4-6,11H,3,7-8H2,1-2H3,(H,18,22). The van der Waals surface area contributed by atoms with Crippen molar-refractivity contribution < 1.29 is 23.2 Å². The Bertz CT molecular complexity index is 807. The van der Waals surface area contributed by atoms with Gasteiger partial charge in [0.15, 0.2) is 5.82 Å². The third-order valence-electron chi connectivity index (χ3n) is 3.73. The molecular weight excluding hydrogens is 331 g/mol. The van der Waals surface area contributed by atoms with Crippen molar-refractivity contribution in [1.82, 2.24) is 15.5 Å². The second kappa shape index (κ2) is 6.88. The van der Waals surface area contributed by atoms with E-state index in [2.05, 4.69) is 15.5 Å². The van der Waals surface area contributed by atoms with E-state index in [9.17, 15) is 14.0 Å². The van der Waals surface area contributed by atoms with Crippen LogP contribution < -0.4 is 10.2 Å². The monoisotopic (exact) mass is 348 g/mol. The summed E-state index contributed by atoms with van der Waals surface area (Å²) < 4.78 is 24.6. The summed E-state index contributed by atoms with van der Waals surface area (Å²) >= 11 is 0. The number of nitrogens with zero attached hydrogens (tertiary/aromatic N) is 3. The number of aromatic nitrogens is 2. The van der Waals surface area contributed by atoms with Crippen molar-refractivity contribution in [1.29, 1.82) is 0 Å². The predicted octanol–water partition coefficient (Wildman–Crippen LogP) is 1.90. The molecule has 1 aromatic carbocycles. The van der Waals surface area contributed by atoms with Gasteiger partial charge in [-0.25, -0.2) is 9.18 Å². The summed E-state index contributed by atoms with van der Waals surface area (Å²) in [6.45, 7) is 3.67. The smallest absolute Gasteiger partial charge is 0.414 e. The number of anilines is 1. The molecule has 0 saturated carbocycles. The minimum Gasteiger partial charge on any atom is -0.442 e. The molecule has 1 N–H and O–H groups in total. The van der Waals surface area contributed by atoms with Crippen molar-refractivity contribution >= 4 is 17.7 Å². The first-order valence-corrected chi connectivity index (χ1v) is 7.83. The van der Waals surface area contributed by atoms with Gasteiger partial charge in [-0.2, -0.15) is 4.98 Å².